The Hall–Kier alpha value is -4.26. The van der Waals surface area contributed by atoms with E-state index in [0.29, 0.717) is 49.1 Å². The quantitative estimate of drug-likeness (QED) is 0.484. The summed E-state index contributed by atoms with van der Waals surface area (Å²) in [7, 11) is 3.20. The SMILES string of the molecule is [2H]C([2H])([2H])NC(=O)c1nnc(NC(=O)N2CCOCC2)cc1Nc1cccc(-c2ncn(C)n2)c1OC. The highest BCUT2D eigenvalue weighted by Crippen LogP contribution is 2.37. The molecule has 0 spiro atoms. The van der Waals surface area contributed by atoms with Gasteiger partial charge in [-0.15, -0.1) is 10.2 Å². The second-order valence-corrected chi connectivity index (χ2v) is 7.23. The fourth-order valence-electron chi connectivity index (χ4n) is 3.37. The van der Waals surface area contributed by atoms with Crippen molar-refractivity contribution in [1.82, 2.24) is 35.2 Å². The van der Waals surface area contributed by atoms with Gasteiger partial charge < -0.3 is 25.0 Å². The molecule has 3 aromatic rings. The van der Waals surface area contributed by atoms with E-state index >= 15 is 0 Å². The van der Waals surface area contributed by atoms with Gasteiger partial charge in [0, 0.05) is 37.3 Å². The van der Waals surface area contributed by atoms with Crippen molar-refractivity contribution in [3.8, 4) is 17.1 Å². The molecule has 178 valence electrons. The van der Waals surface area contributed by atoms with E-state index in [1.165, 1.54) is 13.2 Å². The number of amides is 3. The summed E-state index contributed by atoms with van der Waals surface area (Å²) in [5.74, 6) is -0.158. The number of nitrogens with one attached hydrogen (secondary N) is 3. The molecule has 13 heteroatoms. The molecule has 0 aliphatic carbocycles. The number of aromatic nitrogens is 5. The van der Waals surface area contributed by atoms with Crippen LogP contribution in [0.25, 0.3) is 11.4 Å². The van der Waals surface area contributed by atoms with Crippen LogP contribution in [-0.2, 0) is 11.8 Å². The lowest BCUT2D eigenvalue weighted by atomic mass is 10.1. The molecular weight excluding hydrogens is 442 g/mol. The number of aryl methyl sites for hydroxylation is 1. The third-order valence-electron chi connectivity index (χ3n) is 4.98. The molecular formula is C21H25N9O4. The zero-order valence-electron chi connectivity index (χ0n) is 21.5. The number of urea groups is 1. The predicted molar refractivity (Wildman–Crippen MR) is 123 cm³/mol. The van der Waals surface area contributed by atoms with Gasteiger partial charge in [0.15, 0.2) is 23.1 Å². The number of hydrogen-bond acceptors (Lipinski definition) is 9. The maximum Gasteiger partial charge on any atom is 0.323 e. The Morgan fingerprint density at radius 3 is 2.74 bits per heavy atom. The summed E-state index contributed by atoms with van der Waals surface area (Å²) >= 11 is 0. The van der Waals surface area contributed by atoms with Crippen LogP contribution in [0.2, 0.25) is 0 Å². The fraction of sp³-hybridized carbons (Fsp3) is 0.333. The number of nitrogens with zero attached hydrogens (tertiary/aromatic N) is 6. The first-order valence-electron chi connectivity index (χ1n) is 11.8. The molecule has 2 aromatic heterocycles. The van der Waals surface area contributed by atoms with Crippen LogP contribution < -0.4 is 20.7 Å². The molecule has 0 atom stereocenters. The number of benzene rings is 1. The summed E-state index contributed by atoms with van der Waals surface area (Å²) in [4.78, 5) is 31.2. The topological polar surface area (TPSA) is 148 Å². The Morgan fingerprint density at radius 2 is 2.03 bits per heavy atom. The smallest absolute Gasteiger partial charge is 0.323 e. The van der Waals surface area contributed by atoms with Crippen molar-refractivity contribution in [1.29, 1.82) is 0 Å². The molecule has 1 fully saturated rings. The summed E-state index contributed by atoms with van der Waals surface area (Å²) in [5, 5.41) is 19.7. The van der Waals surface area contributed by atoms with Crippen molar-refractivity contribution in [3.05, 3.63) is 36.3 Å². The van der Waals surface area contributed by atoms with Gasteiger partial charge in [0.2, 0.25) is 0 Å². The van der Waals surface area contributed by atoms with Crippen LogP contribution in [0.15, 0.2) is 30.6 Å². The minimum absolute atomic E-state index is 0.0472. The maximum absolute atomic E-state index is 12.7. The predicted octanol–water partition coefficient (Wildman–Crippen LogP) is 1.25. The molecule has 34 heavy (non-hydrogen) atoms. The number of carbonyl (C=O) groups excluding carboxylic acids is 2. The first-order chi connectivity index (χ1) is 17.6. The Labute approximate surface area is 199 Å². The molecule has 1 saturated heterocycles. The maximum atomic E-state index is 12.7. The molecule has 13 nitrogen and oxygen atoms in total. The van der Waals surface area contributed by atoms with Gasteiger partial charge in [0.25, 0.3) is 5.91 Å². The number of rotatable bonds is 6. The van der Waals surface area contributed by atoms with E-state index in [0.717, 1.165) is 0 Å². The minimum Gasteiger partial charge on any atom is -0.494 e. The third-order valence-corrected chi connectivity index (χ3v) is 4.98. The van der Waals surface area contributed by atoms with Gasteiger partial charge >= 0.3 is 6.03 Å². The number of anilines is 3. The highest BCUT2D eigenvalue weighted by atomic mass is 16.5. The third kappa shape index (κ3) is 4.88. The molecule has 0 radical (unpaired) electrons. The Morgan fingerprint density at radius 1 is 1.21 bits per heavy atom. The van der Waals surface area contributed by atoms with E-state index in [9.17, 15) is 9.59 Å². The van der Waals surface area contributed by atoms with E-state index in [1.807, 2.05) is 5.32 Å². The van der Waals surface area contributed by atoms with Crippen LogP contribution in [-0.4, -0.2) is 82.2 Å². The molecule has 1 aliphatic heterocycles. The van der Waals surface area contributed by atoms with Crippen molar-refractivity contribution in [3.63, 3.8) is 0 Å². The van der Waals surface area contributed by atoms with Crippen molar-refractivity contribution < 1.29 is 23.2 Å². The second kappa shape index (κ2) is 10.1. The molecule has 0 bridgehead atoms. The van der Waals surface area contributed by atoms with Crippen LogP contribution in [0, 0.1) is 0 Å². The first kappa shape index (κ1) is 19.2. The van der Waals surface area contributed by atoms with Gasteiger partial charge in [-0.05, 0) is 12.1 Å². The number of morpholine rings is 1. The summed E-state index contributed by atoms with van der Waals surface area (Å²) in [6.07, 6.45) is 1.54. The molecule has 1 aromatic carbocycles. The normalized spacial score (nSPS) is 15.0. The van der Waals surface area contributed by atoms with E-state index < -0.39 is 18.9 Å². The lowest BCUT2D eigenvalue weighted by Gasteiger charge is -2.26. The standard InChI is InChI=1S/C21H25N9O4/c1-22-20(31)17-15(11-16(26-27-17)25-21(32)30-7-9-34-10-8-30)24-14-6-4-5-13(18(14)33-3)19-23-12-29(2)28-19/h4-6,11-12H,7-10H2,1-3H3,(H,22,31)(H2,24,25,26,32)/i1D3. The average molecular weight is 471 g/mol. The van der Waals surface area contributed by atoms with Crippen LogP contribution in [0.5, 0.6) is 5.75 Å². The van der Waals surface area contributed by atoms with Gasteiger partial charge in [-0.25, -0.2) is 9.78 Å². The molecule has 3 N–H and O–H groups in total. The van der Waals surface area contributed by atoms with Crippen molar-refractivity contribution in [2.24, 2.45) is 7.05 Å². The van der Waals surface area contributed by atoms with E-state index in [2.05, 4.69) is 30.9 Å². The largest absolute Gasteiger partial charge is 0.494 e. The summed E-state index contributed by atoms with van der Waals surface area (Å²) in [6.45, 7) is -1.09. The first-order valence-corrected chi connectivity index (χ1v) is 10.3. The summed E-state index contributed by atoms with van der Waals surface area (Å²) < 4.78 is 34.5. The van der Waals surface area contributed by atoms with Crippen molar-refractivity contribution in [2.45, 2.75) is 0 Å². The number of carbonyl (C=O) groups is 2. The molecule has 0 saturated carbocycles. The average Bonchev–Trinajstić information content (AvgIpc) is 3.29. The Balaban J connectivity index is 1.69. The second-order valence-electron chi connectivity index (χ2n) is 7.23. The van der Waals surface area contributed by atoms with E-state index in [1.54, 1.807) is 41.2 Å². The number of methoxy groups -OCH3 is 1. The van der Waals surface area contributed by atoms with Crippen LogP contribution in [0.3, 0.4) is 0 Å². The number of ether oxygens (including phenoxy) is 2. The molecule has 0 unspecified atom stereocenters. The Kier molecular flexibility index (Phi) is 5.73. The molecule has 1 aliphatic rings. The monoisotopic (exact) mass is 470 g/mol. The summed E-state index contributed by atoms with van der Waals surface area (Å²) in [5.41, 5.74) is 0.765. The molecule has 3 amide bonds. The molecule has 3 heterocycles. The van der Waals surface area contributed by atoms with Gasteiger partial charge in [0.1, 0.15) is 6.33 Å². The number of hydrogen-bond donors (Lipinski definition) is 3. The molecule has 4 rings (SSSR count). The zero-order chi connectivity index (χ0) is 26.6. The van der Waals surface area contributed by atoms with Gasteiger partial charge in [-0.1, -0.05) is 6.07 Å². The van der Waals surface area contributed by atoms with Crippen LogP contribution >= 0.6 is 0 Å². The van der Waals surface area contributed by atoms with Gasteiger partial charge in [-0.3, -0.25) is 14.8 Å². The minimum atomic E-state index is -2.75. The van der Waals surface area contributed by atoms with E-state index in [4.69, 9.17) is 13.6 Å². The van der Waals surface area contributed by atoms with Gasteiger partial charge in [0.05, 0.1) is 37.3 Å². The van der Waals surface area contributed by atoms with Crippen molar-refractivity contribution >= 4 is 29.1 Å². The number of para-hydroxylation sites is 1. The highest BCUT2D eigenvalue weighted by molar-refractivity contribution is 5.99. The Bertz CT molecular complexity index is 1290. The van der Waals surface area contributed by atoms with Crippen LogP contribution in [0.1, 0.15) is 14.6 Å². The fourth-order valence-corrected chi connectivity index (χ4v) is 3.37. The van der Waals surface area contributed by atoms with Gasteiger partial charge in [-0.2, -0.15) is 5.10 Å². The van der Waals surface area contributed by atoms with E-state index in [-0.39, 0.29) is 17.2 Å². The summed E-state index contributed by atoms with van der Waals surface area (Å²) in [6, 6.07) is 6.15. The lowest BCUT2D eigenvalue weighted by molar-refractivity contribution is 0.0564. The lowest BCUT2D eigenvalue weighted by Crippen LogP contribution is -2.43. The van der Waals surface area contributed by atoms with Crippen LogP contribution in [0.4, 0.5) is 22.0 Å². The highest BCUT2D eigenvalue weighted by Gasteiger charge is 2.21. The zero-order valence-corrected chi connectivity index (χ0v) is 18.5. The van der Waals surface area contributed by atoms with Crippen molar-refractivity contribution in [2.75, 3.05) is 51.0 Å².